The number of hydrogen-bond donors (Lipinski definition) is 3. The topological polar surface area (TPSA) is 134 Å². The van der Waals surface area contributed by atoms with E-state index >= 15 is 0 Å². The van der Waals surface area contributed by atoms with Crippen molar-refractivity contribution < 1.29 is 47.0 Å². The van der Waals surface area contributed by atoms with Crippen LogP contribution in [-0.4, -0.2) is 51.0 Å². The van der Waals surface area contributed by atoms with Gasteiger partial charge in [0.05, 0.1) is 19.9 Å². The van der Waals surface area contributed by atoms with E-state index in [0.29, 0.717) is 31.4 Å². The van der Waals surface area contributed by atoms with Crippen LogP contribution in [0.5, 0.6) is 5.75 Å². The predicted molar refractivity (Wildman–Crippen MR) is 173 cm³/mol. The number of benzene rings is 3. The molecule has 1 aliphatic rings. The maximum Gasteiger partial charge on any atom is 0.495 e. The molecule has 1 aliphatic heterocycles. The van der Waals surface area contributed by atoms with Crippen molar-refractivity contribution in [1.82, 2.24) is 0 Å². The number of methoxy groups -OCH3 is 1. The van der Waals surface area contributed by atoms with Gasteiger partial charge in [-0.3, -0.25) is 9.59 Å². The summed E-state index contributed by atoms with van der Waals surface area (Å²) in [6.07, 6.45) is 6.56. The molecule has 252 valence electrons. The minimum Gasteiger partial charge on any atom is -0.531 e. The molecule has 0 saturated heterocycles. The number of fused-ring (bicyclic) bond motifs is 4. The second-order valence-corrected chi connectivity index (χ2v) is 10.2. The highest BCUT2D eigenvalue weighted by Gasteiger charge is 2.24. The van der Waals surface area contributed by atoms with Gasteiger partial charge in [0, 0.05) is 48.3 Å². The van der Waals surface area contributed by atoms with E-state index in [2.05, 4.69) is 30.0 Å². The number of aromatic hydroxyl groups is 1. The monoisotopic (exact) mass is 658 g/mol. The third-order valence-electron chi connectivity index (χ3n) is 7.24. The van der Waals surface area contributed by atoms with Crippen LogP contribution in [0.1, 0.15) is 42.7 Å². The fourth-order valence-corrected chi connectivity index (χ4v) is 5.09. The molecule has 0 radical (unpaired) electrons. The lowest BCUT2D eigenvalue weighted by Crippen LogP contribution is -2.26. The van der Waals surface area contributed by atoms with Crippen LogP contribution in [0.4, 0.5) is 24.5 Å². The van der Waals surface area contributed by atoms with Crippen LogP contribution in [0.25, 0.3) is 16.7 Å². The lowest BCUT2D eigenvalue weighted by molar-refractivity contribution is -0.478. The highest BCUT2D eigenvalue weighted by molar-refractivity contribution is 5.96. The molecule has 1 amide bonds. The van der Waals surface area contributed by atoms with Gasteiger partial charge in [0.15, 0.2) is 0 Å². The molecule has 3 aromatic carbocycles. The summed E-state index contributed by atoms with van der Waals surface area (Å²) in [6, 6.07) is 16.9. The third kappa shape index (κ3) is 10.9. The van der Waals surface area contributed by atoms with E-state index in [4.69, 9.17) is 15.4 Å². The van der Waals surface area contributed by atoms with Gasteiger partial charge in [-0.05, 0) is 47.2 Å². The summed E-state index contributed by atoms with van der Waals surface area (Å²) in [5.41, 5.74) is 10.9. The van der Waals surface area contributed by atoms with Crippen LogP contribution in [0.2, 0.25) is 0 Å². The summed E-state index contributed by atoms with van der Waals surface area (Å²) in [7, 11) is 4.34. The lowest BCUT2D eigenvalue weighted by Gasteiger charge is -2.24. The van der Waals surface area contributed by atoms with Gasteiger partial charge in [0.1, 0.15) is 17.6 Å². The number of rotatable bonds is 11. The molecule has 47 heavy (non-hydrogen) atoms. The van der Waals surface area contributed by atoms with Gasteiger partial charge >= 0.3 is 6.61 Å². The standard InChI is InChI=1S/C32H34F3N3O5.C2H4O2/c1-37-23-14-15-25-21-8-5-7-20(17-21)24(9-3-4-12-30(39)38-28(25)18-23)27(36)16-13-22(19-41-43-40-2)31-26(33)10-6-11-29(31)42-32(34)35;1-4-2-3/h5-8,10-11,13-19,24,27,32,37H,3-4,9,12,36H2,1-2H3,(H,38,39);2H,1H3/p+1/b16-13-,22-19+;. The van der Waals surface area contributed by atoms with Crippen LogP contribution < -0.4 is 16.4 Å². The molecule has 0 aromatic heterocycles. The number of halogens is 3. The van der Waals surface area contributed by atoms with E-state index < -0.39 is 18.5 Å². The number of amides is 1. The first-order valence-electron chi connectivity index (χ1n) is 14.7. The highest BCUT2D eigenvalue weighted by Crippen LogP contribution is 2.36. The van der Waals surface area contributed by atoms with E-state index in [0.717, 1.165) is 41.1 Å². The fraction of sp³-hybridized carbons (Fsp3) is 0.294. The minimum atomic E-state index is -3.05. The quantitative estimate of drug-likeness (QED) is 0.0389. The SMILES string of the molecule is CNc1ccc2c(c1)NC(=O)CCCCC(C(N)/C=C\C(=C/OOOC)c1c(F)cccc1[OH+]C(F)F)c1cccc-2c1.COC=O. The Bertz CT molecular complexity index is 1530. The molecule has 2 unspecified atom stereocenters. The van der Waals surface area contributed by atoms with Crippen molar-refractivity contribution in [2.24, 2.45) is 5.73 Å². The van der Waals surface area contributed by atoms with Crippen molar-refractivity contribution in [2.75, 3.05) is 31.9 Å². The number of nitrogens with one attached hydrogen (secondary N) is 2. The number of carbonyl (C=O) groups excluding carboxylic acids is 2. The Morgan fingerprint density at radius 3 is 2.57 bits per heavy atom. The zero-order chi connectivity index (χ0) is 34.2. The second kappa shape index (κ2) is 19.0. The number of hydrogen-bond acceptors (Lipinski definition) is 8. The molecular weight excluding hydrogens is 619 g/mol. The summed E-state index contributed by atoms with van der Waals surface area (Å²) in [6.45, 7) is -2.68. The van der Waals surface area contributed by atoms with Gasteiger partial charge in [0.25, 0.3) is 12.2 Å². The molecule has 3 aromatic rings. The van der Waals surface area contributed by atoms with Gasteiger partial charge in [-0.25, -0.2) is 4.39 Å². The van der Waals surface area contributed by atoms with Crippen LogP contribution in [-0.2, 0) is 29.1 Å². The zero-order valence-corrected chi connectivity index (χ0v) is 26.3. The maximum absolute atomic E-state index is 15.0. The van der Waals surface area contributed by atoms with Crippen molar-refractivity contribution in [1.29, 1.82) is 0 Å². The van der Waals surface area contributed by atoms with Crippen LogP contribution in [0.15, 0.2) is 79.1 Å². The van der Waals surface area contributed by atoms with Crippen LogP contribution >= 0.6 is 0 Å². The Labute approximate surface area is 271 Å². The molecule has 2 bridgehead atoms. The molecule has 0 aliphatic carbocycles. The maximum atomic E-state index is 15.0. The predicted octanol–water partition coefficient (Wildman–Crippen LogP) is 6.82. The normalized spacial score (nSPS) is 15.6. The molecule has 1 heterocycles. The molecular formula is C34H39F3N3O7+. The number of carbonyl (C=O) groups is 2. The summed E-state index contributed by atoms with van der Waals surface area (Å²) in [4.78, 5) is 31.0. The molecule has 2 atom stereocenters. The average molecular weight is 659 g/mol. The fourth-order valence-electron chi connectivity index (χ4n) is 5.09. The number of nitrogens with two attached hydrogens (primary N) is 1. The third-order valence-corrected chi connectivity index (χ3v) is 7.24. The second-order valence-electron chi connectivity index (χ2n) is 10.2. The Balaban J connectivity index is 0.00000142. The molecule has 0 spiro atoms. The highest BCUT2D eigenvalue weighted by atomic mass is 19.3. The molecule has 0 fully saturated rings. The number of ether oxygens (including phenoxy) is 2. The minimum absolute atomic E-state index is 0.0536. The van der Waals surface area contributed by atoms with E-state index in [9.17, 15) is 18.0 Å². The van der Waals surface area contributed by atoms with Gasteiger partial charge in [-0.1, -0.05) is 55.0 Å². The summed E-state index contributed by atoms with van der Waals surface area (Å²) >= 11 is 0. The van der Waals surface area contributed by atoms with Gasteiger partial charge < -0.3 is 30.7 Å². The van der Waals surface area contributed by atoms with E-state index in [1.807, 2.05) is 49.5 Å². The van der Waals surface area contributed by atoms with Crippen molar-refractivity contribution in [3.63, 3.8) is 0 Å². The summed E-state index contributed by atoms with van der Waals surface area (Å²) < 4.78 is 48.4. The van der Waals surface area contributed by atoms with Gasteiger partial charge in [0.2, 0.25) is 5.91 Å². The van der Waals surface area contributed by atoms with Crippen LogP contribution in [0, 0.1) is 5.82 Å². The van der Waals surface area contributed by atoms with E-state index in [1.54, 1.807) is 6.08 Å². The molecule has 4 rings (SSSR count). The Hall–Kier alpha value is -4.85. The number of anilines is 2. The Morgan fingerprint density at radius 2 is 1.87 bits per heavy atom. The van der Waals surface area contributed by atoms with Crippen molar-refractivity contribution in [2.45, 2.75) is 44.3 Å². The average Bonchev–Trinajstić information content (AvgIpc) is 3.06. The zero-order valence-electron chi connectivity index (χ0n) is 26.3. The number of allylic oxidation sites excluding steroid dienone is 2. The molecule has 13 heteroatoms. The first-order valence-corrected chi connectivity index (χ1v) is 14.7. The lowest BCUT2D eigenvalue weighted by atomic mass is 9.84. The first-order chi connectivity index (χ1) is 22.7. The van der Waals surface area contributed by atoms with Crippen molar-refractivity contribution in [3.8, 4) is 16.9 Å². The van der Waals surface area contributed by atoms with Crippen molar-refractivity contribution >= 4 is 29.3 Å². The molecule has 5 N–H and O–H groups in total. The molecule has 10 nitrogen and oxygen atoms in total. The Kier molecular flexibility index (Phi) is 14.8. The van der Waals surface area contributed by atoms with Crippen LogP contribution in [0.3, 0.4) is 0 Å². The molecule has 0 saturated carbocycles. The van der Waals surface area contributed by atoms with Gasteiger partial charge in [-0.15, -0.1) is 8.78 Å². The summed E-state index contributed by atoms with van der Waals surface area (Å²) in [5, 5.41) is 10.6. The smallest absolute Gasteiger partial charge is 0.495 e. The largest absolute Gasteiger partial charge is 0.531 e. The van der Waals surface area contributed by atoms with E-state index in [1.165, 1.54) is 32.4 Å². The first kappa shape index (κ1) is 36.6. The van der Waals surface area contributed by atoms with Gasteiger partial charge in [-0.2, -0.15) is 4.89 Å². The summed E-state index contributed by atoms with van der Waals surface area (Å²) in [5.74, 6) is -1.31. The Morgan fingerprint density at radius 1 is 1.11 bits per heavy atom. The van der Waals surface area contributed by atoms with E-state index in [-0.39, 0.29) is 28.7 Å². The number of aliphatic hydroxyl groups is 1. The number of alkyl halides is 2. The van der Waals surface area contributed by atoms with Crippen molar-refractivity contribution in [3.05, 3.63) is 96.0 Å².